The molecule has 4 nitrogen and oxygen atoms in total. The maximum absolute atomic E-state index is 5.90. The average Bonchev–Trinajstić information content (AvgIpc) is 2.49. The Kier molecular flexibility index (Phi) is 3.72. The summed E-state index contributed by atoms with van der Waals surface area (Å²) in [5.74, 6) is 1.37. The summed E-state index contributed by atoms with van der Waals surface area (Å²) in [6.45, 7) is 3.16. The summed E-state index contributed by atoms with van der Waals surface area (Å²) in [4.78, 5) is 11.3. The molecule has 3 rings (SSSR count). The number of hydrogen-bond acceptors (Lipinski definition) is 4. The first-order valence-electron chi connectivity index (χ1n) is 7.58. The van der Waals surface area contributed by atoms with Gasteiger partial charge in [-0.3, -0.25) is 0 Å². The number of benzene rings is 1. The Bertz CT molecular complexity index is 590. The Labute approximate surface area is 120 Å². The highest BCUT2D eigenvalue weighted by Crippen LogP contribution is 2.30. The number of rotatable bonds is 3. The first-order chi connectivity index (χ1) is 9.79. The highest BCUT2D eigenvalue weighted by molar-refractivity contribution is 5.90. The summed E-state index contributed by atoms with van der Waals surface area (Å²) in [7, 11) is 0. The van der Waals surface area contributed by atoms with Crippen LogP contribution in [-0.4, -0.2) is 22.6 Å². The number of anilines is 2. The number of aromatic nitrogens is 2. The highest BCUT2D eigenvalue weighted by atomic mass is 15.2. The van der Waals surface area contributed by atoms with Crippen molar-refractivity contribution in [1.29, 1.82) is 0 Å². The summed E-state index contributed by atoms with van der Waals surface area (Å²) < 4.78 is 0. The largest absolute Gasteiger partial charge is 0.368 e. The van der Waals surface area contributed by atoms with Crippen molar-refractivity contribution in [3.05, 3.63) is 24.3 Å². The van der Waals surface area contributed by atoms with Gasteiger partial charge < -0.3 is 10.6 Å². The van der Waals surface area contributed by atoms with Gasteiger partial charge >= 0.3 is 0 Å². The van der Waals surface area contributed by atoms with Crippen LogP contribution in [0.2, 0.25) is 0 Å². The maximum atomic E-state index is 5.90. The van der Waals surface area contributed by atoms with E-state index in [1.807, 2.05) is 18.2 Å². The van der Waals surface area contributed by atoms with Crippen LogP contribution in [0.5, 0.6) is 0 Å². The second kappa shape index (κ2) is 5.65. The van der Waals surface area contributed by atoms with Crippen molar-refractivity contribution >= 4 is 22.7 Å². The SMILES string of the molecule is CCN(c1nc(N)nc2ccccc12)C1CCCCC1. The Balaban J connectivity index is 2.06. The van der Waals surface area contributed by atoms with E-state index in [0.29, 0.717) is 12.0 Å². The van der Waals surface area contributed by atoms with Crippen molar-refractivity contribution in [2.24, 2.45) is 0 Å². The second-order valence-electron chi connectivity index (χ2n) is 5.50. The van der Waals surface area contributed by atoms with Crippen LogP contribution in [0.15, 0.2) is 24.3 Å². The van der Waals surface area contributed by atoms with Crippen molar-refractivity contribution in [3.63, 3.8) is 0 Å². The van der Waals surface area contributed by atoms with E-state index in [1.165, 1.54) is 32.1 Å². The number of nitrogen functional groups attached to an aromatic ring is 1. The molecule has 0 aliphatic heterocycles. The normalized spacial score (nSPS) is 16.4. The van der Waals surface area contributed by atoms with Crippen LogP contribution in [0.1, 0.15) is 39.0 Å². The third-order valence-electron chi connectivity index (χ3n) is 4.23. The highest BCUT2D eigenvalue weighted by Gasteiger charge is 2.23. The van der Waals surface area contributed by atoms with Gasteiger partial charge in [-0.05, 0) is 31.9 Å². The number of nitrogens with two attached hydrogens (primary N) is 1. The van der Waals surface area contributed by atoms with Crippen molar-refractivity contribution in [2.75, 3.05) is 17.2 Å². The Hall–Kier alpha value is -1.84. The fourth-order valence-corrected chi connectivity index (χ4v) is 3.27. The van der Waals surface area contributed by atoms with Crippen LogP contribution in [0, 0.1) is 0 Å². The van der Waals surface area contributed by atoms with Gasteiger partial charge in [0, 0.05) is 18.0 Å². The lowest BCUT2D eigenvalue weighted by molar-refractivity contribution is 0.417. The quantitative estimate of drug-likeness (QED) is 0.929. The summed E-state index contributed by atoms with van der Waals surface area (Å²) >= 11 is 0. The fourth-order valence-electron chi connectivity index (χ4n) is 3.27. The summed E-state index contributed by atoms with van der Waals surface area (Å²) in [6.07, 6.45) is 6.51. The standard InChI is InChI=1S/C16H22N4/c1-2-20(12-8-4-3-5-9-12)15-13-10-6-7-11-14(13)18-16(17)19-15/h6-7,10-12H,2-5,8-9H2,1H3,(H2,17,18,19). The zero-order chi connectivity index (χ0) is 13.9. The van der Waals surface area contributed by atoms with Crippen molar-refractivity contribution < 1.29 is 0 Å². The predicted molar refractivity (Wildman–Crippen MR) is 83.8 cm³/mol. The minimum absolute atomic E-state index is 0.368. The van der Waals surface area contributed by atoms with Crippen molar-refractivity contribution in [1.82, 2.24) is 9.97 Å². The summed E-state index contributed by atoms with van der Waals surface area (Å²) in [5, 5.41) is 1.11. The van der Waals surface area contributed by atoms with Crippen molar-refractivity contribution in [3.8, 4) is 0 Å². The van der Waals surface area contributed by atoms with Crippen LogP contribution in [0.4, 0.5) is 11.8 Å². The molecule has 1 heterocycles. The topological polar surface area (TPSA) is 55.0 Å². The zero-order valence-corrected chi connectivity index (χ0v) is 12.0. The van der Waals surface area contributed by atoms with E-state index in [-0.39, 0.29) is 0 Å². The van der Waals surface area contributed by atoms with Crippen LogP contribution < -0.4 is 10.6 Å². The second-order valence-corrected chi connectivity index (χ2v) is 5.50. The van der Waals surface area contributed by atoms with E-state index in [2.05, 4.69) is 27.9 Å². The molecule has 4 heteroatoms. The molecule has 1 fully saturated rings. The molecular formula is C16H22N4. The van der Waals surface area contributed by atoms with Gasteiger partial charge in [0.1, 0.15) is 5.82 Å². The molecule has 0 amide bonds. The lowest BCUT2D eigenvalue weighted by Crippen LogP contribution is -2.37. The van der Waals surface area contributed by atoms with Gasteiger partial charge in [0.25, 0.3) is 0 Å². The van der Waals surface area contributed by atoms with Crippen LogP contribution in [-0.2, 0) is 0 Å². The first kappa shape index (κ1) is 13.2. The molecule has 0 saturated heterocycles. The van der Waals surface area contributed by atoms with Gasteiger partial charge in [0.15, 0.2) is 0 Å². The minimum atomic E-state index is 0.368. The smallest absolute Gasteiger partial charge is 0.222 e. The lowest BCUT2D eigenvalue weighted by Gasteiger charge is -2.35. The molecule has 1 aromatic carbocycles. The van der Waals surface area contributed by atoms with E-state index >= 15 is 0 Å². The monoisotopic (exact) mass is 270 g/mol. The molecule has 0 atom stereocenters. The lowest BCUT2D eigenvalue weighted by atomic mass is 9.94. The summed E-state index contributed by atoms with van der Waals surface area (Å²) in [6, 6.07) is 8.72. The Morgan fingerprint density at radius 2 is 1.90 bits per heavy atom. The van der Waals surface area contributed by atoms with E-state index in [4.69, 9.17) is 5.73 Å². The first-order valence-corrected chi connectivity index (χ1v) is 7.58. The molecule has 106 valence electrons. The molecule has 0 unspecified atom stereocenters. The van der Waals surface area contributed by atoms with Crippen LogP contribution in [0.25, 0.3) is 10.9 Å². The molecule has 0 radical (unpaired) electrons. The van der Waals surface area contributed by atoms with E-state index < -0.39 is 0 Å². The van der Waals surface area contributed by atoms with E-state index in [1.54, 1.807) is 0 Å². The molecule has 0 spiro atoms. The minimum Gasteiger partial charge on any atom is -0.368 e. The van der Waals surface area contributed by atoms with E-state index in [0.717, 1.165) is 23.3 Å². The molecule has 0 bridgehead atoms. The Morgan fingerprint density at radius 1 is 1.15 bits per heavy atom. The van der Waals surface area contributed by atoms with Gasteiger partial charge in [0.2, 0.25) is 5.95 Å². The fraction of sp³-hybridized carbons (Fsp3) is 0.500. The molecular weight excluding hydrogens is 248 g/mol. The number of hydrogen-bond donors (Lipinski definition) is 1. The number of nitrogens with zero attached hydrogens (tertiary/aromatic N) is 3. The zero-order valence-electron chi connectivity index (χ0n) is 12.0. The van der Waals surface area contributed by atoms with Gasteiger partial charge in [-0.15, -0.1) is 0 Å². The maximum Gasteiger partial charge on any atom is 0.222 e. The Morgan fingerprint density at radius 3 is 2.65 bits per heavy atom. The van der Waals surface area contributed by atoms with Crippen LogP contribution in [0.3, 0.4) is 0 Å². The summed E-state index contributed by atoms with van der Waals surface area (Å²) in [5.41, 5.74) is 6.83. The molecule has 1 aliphatic carbocycles. The third kappa shape index (κ3) is 2.42. The van der Waals surface area contributed by atoms with Crippen molar-refractivity contribution in [2.45, 2.75) is 45.1 Å². The van der Waals surface area contributed by atoms with Gasteiger partial charge in [-0.25, -0.2) is 4.98 Å². The molecule has 1 aliphatic rings. The number of para-hydroxylation sites is 1. The third-order valence-corrected chi connectivity index (χ3v) is 4.23. The molecule has 1 saturated carbocycles. The molecule has 1 aromatic heterocycles. The van der Waals surface area contributed by atoms with Crippen LogP contribution >= 0.6 is 0 Å². The van der Waals surface area contributed by atoms with Gasteiger partial charge in [-0.1, -0.05) is 31.4 Å². The van der Waals surface area contributed by atoms with E-state index in [9.17, 15) is 0 Å². The predicted octanol–water partition coefficient (Wildman–Crippen LogP) is 3.37. The molecule has 2 N–H and O–H groups in total. The van der Waals surface area contributed by atoms with Gasteiger partial charge in [-0.2, -0.15) is 4.98 Å². The molecule has 20 heavy (non-hydrogen) atoms. The average molecular weight is 270 g/mol. The molecule has 2 aromatic rings. The number of fused-ring (bicyclic) bond motifs is 1. The van der Waals surface area contributed by atoms with Gasteiger partial charge in [0.05, 0.1) is 5.52 Å².